The third-order valence-electron chi connectivity index (χ3n) is 3.89. The van der Waals surface area contributed by atoms with Crippen molar-refractivity contribution < 1.29 is 42.2 Å². The van der Waals surface area contributed by atoms with Crippen molar-refractivity contribution in [1.29, 1.82) is 0 Å². The molecular weight excluding hydrogens is 473 g/mol. The van der Waals surface area contributed by atoms with Crippen molar-refractivity contribution in [2.75, 3.05) is 6.61 Å². The Morgan fingerprint density at radius 2 is 1.67 bits per heavy atom. The fraction of sp³-hybridized carbons (Fsp3) is 0.100. The van der Waals surface area contributed by atoms with E-state index in [0.717, 1.165) is 12.1 Å². The SMILES string of the molecule is O=C([O-])COc1ccc(Oc2cc(Oc3ncc(C(F)(F)F)cc3Cl)ccc2[N+](=O)[O-])cc1. The summed E-state index contributed by atoms with van der Waals surface area (Å²) in [7, 11) is 0. The van der Waals surface area contributed by atoms with Crippen molar-refractivity contribution in [1.82, 2.24) is 4.98 Å². The van der Waals surface area contributed by atoms with Crippen molar-refractivity contribution in [2.45, 2.75) is 6.18 Å². The van der Waals surface area contributed by atoms with Crippen LogP contribution in [0.5, 0.6) is 28.9 Å². The summed E-state index contributed by atoms with van der Waals surface area (Å²) in [5.41, 5.74) is -1.49. The maximum atomic E-state index is 12.8. The standard InChI is InChI=1S/C20H12ClF3N2O7/c21-15-7-11(20(22,23)24)9-25-19(15)33-14-5-6-16(26(29)30)17(8-14)32-13-3-1-12(2-4-13)31-10-18(27)28/h1-9H,10H2,(H,27,28)/p-1. The van der Waals surface area contributed by atoms with Gasteiger partial charge >= 0.3 is 11.9 Å². The Hall–Kier alpha value is -4.06. The summed E-state index contributed by atoms with van der Waals surface area (Å²) in [6, 6.07) is 9.52. The summed E-state index contributed by atoms with van der Waals surface area (Å²) < 4.78 is 54.1. The molecule has 3 aromatic rings. The number of carboxylic acids is 1. The highest BCUT2D eigenvalue weighted by Gasteiger charge is 2.32. The van der Waals surface area contributed by atoms with Crippen molar-refractivity contribution in [3.8, 4) is 28.9 Å². The largest absolute Gasteiger partial charge is 0.546 e. The number of rotatable bonds is 8. The van der Waals surface area contributed by atoms with E-state index in [1.54, 1.807) is 0 Å². The molecule has 0 N–H and O–H groups in total. The van der Waals surface area contributed by atoms with Crippen molar-refractivity contribution in [3.63, 3.8) is 0 Å². The summed E-state index contributed by atoms with van der Waals surface area (Å²) in [6.07, 6.45) is -4.11. The quantitative estimate of drug-likeness (QED) is 0.341. The van der Waals surface area contributed by atoms with Crippen LogP contribution in [0.2, 0.25) is 5.02 Å². The average molecular weight is 484 g/mol. The molecular formula is C20H11ClF3N2O7-. The molecule has 0 unspecified atom stereocenters. The predicted molar refractivity (Wildman–Crippen MR) is 104 cm³/mol. The number of hydrogen-bond acceptors (Lipinski definition) is 8. The lowest BCUT2D eigenvalue weighted by Crippen LogP contribution is -2.28. The number of aliphatic carboxylic acids is 1. The molecule has 13 heteroatoms. The fourth-order valence-corrected chi connectivity index (χ4v) is 2.64. The number of ether oxygens (including phenoxy) is 3. The molecule has 0 radical (unpaired) electrons. The van der Waals surface area contributed by atoms with E-state index in [1.807, 2.05) is 0 Å². The molecule has 0 aliphatic carbocycles. The molecule has 0 aliphatic rings. The molecule has 0 spiro atoms. The first-order valence-corrected chi connectivity index (χ1v) is 9.20. The molecule has 9 nitrogen and oxygen atoms in total. The first-order valence-electron chi connectivity index (χ1n) is 8.82. The van der Waals surface area contributed by atoms with E-state index in [-0.39, 0.29) is 28.9 Å². The van der Waals surface area contributed by atoms with Gasteiger partial charge in [-0.2, -0.15) is 13.2 Å². The molecule has 3 rings (SSSR count). The van der Waals surface area contributed by atoms with Crippen molar-refractivity contribution in [3.05, 3.63) is 75.4 Å². The van der Waals surface area contributed by atoms with Gasteiger partial charge in [0.15, 0.2) is 0 Å². The van der Waals surface area contributed by atoms with Crippen molar-refractivity contribution in [2.24, 2.45) is 0 Å². The number of nitrogens with zero attached hydrogens (tertiary/aromatic N) is 2. The molecule has 0 bridgehead atoms. The van der Waals surface area contributed by atoms with Gasteiger partial charge in [0.1, 0.15) is 28.9 Å². The number of halogens is 4. The van der Waals surface area contributed by atoms with Gasteiger partial charge in [0.05, 0.1) is 16.5 Å². The minimum absolute atomic E-state index is 0.0429. The van der Waals surface area contributed by atoms with E-state index in [2.05, 4.69) is 4.98 Å². The normalized spacial score (nSPS) is 11.0. The fourth-order valence-electron chi connectivity index (χ4n) is 2.43. The Morgan fingerprint density at radius 1 is 1.03 bits per heavy atom. The average Bonchev–Trinajstić information content (AvgIpc) is 2.74. The van der Waals surface area contributed by atoms with Gasteiger partial charge in [0.2, 0.25) is 11.6 Å². The summed E-state index contributed by atoms with van der Waals surface area (Å²) in [6.45, 7) is -0.661. The topological polar surface area (TPSA) is 124 Å². The minimum Gasteiger partial charge on any atom is -0.546 e. The van der Waals surface area contributed by atoms with Crippen LogP contribution in [0.25, 0.3) is 0 Å². The van der Waals surface area contributed by atoms with Crippen LogP contribution in [0, 0.1) is 10.1 Å². The molecule has 33 heavy (non-hydrogen) atoms. The lowest BCUT2D eigenvalue weighted by atomic mass is 10.2. The van der Waals surface area contributed by atoms with E-state index < -0.39 is 39.9 Å². The van der Waals surface area contributed by atoms with Gasteiger partial charge in [-0.3, -0.25) is 10.1 Å². The Labute approximate surface area is 188 Å². The van der Waals surface area contributed by atoms with Crippen LogP contribution >= 0.6 is 11.6 Å². The zero-order chi connectivity index (χ0) is 24.2. The number of nitro benzene ring substituents is 1. The molecule has 2 aromatic carbocycles. The third kappa shape index (κ3) is 6.23. The maximum Gasteiger partial charge on any atom is 0.417 e. The summed E-state index contributed by atoms with van der Waals surface area (Å²) in [5, 5.41) is 21.3. The number of alkyl halides is 3. The van der Waals surface area contributed by atoms with Gasteiger partial charge in [0, 0.05) is 18.3 Å². The molecule has 172 valence electrons. The number of carbonyl (C=O) groups excluding carboxylic acids is 1. The zero-order valence-electron chi connectivity index (χ0n) is 16.2. The minimum atomic E-state index is -4.64. The molecule has 1 aromatic heterocycles. The van der Waals surface area contributed by atoms with Gasteiger partial charge < -0.3 is 24.1 Å². The summed E-state index contributed by atoms with van der Waals surface area (Å²) >= 11 is 5.82. The number of pyridine rings is 1. The van der Waals surface area contributed by atoms with Crippen LogP contribution in [-0.2, 0) is 11.0 Å². The number of aromatic nitrogens is 1. The van der Waals surface area contributed by atoms with Crippen molar-refractivity contribution >= 4 is 23.3 Å². The lowest BCUT2D eigenvalue weighted by molar-refractivity contribution is -0.385. The van der Waals surface area contributed by atoms with Crippen LogP contribution < -0.4 is 19.3 Å². The van der Waals surface area contributed by atoms with Crippen LogP contribution in [0.4, 0.5) is 18.9 Å². The van der Waals surface area contributed by atoms with Gasteiger partial charge in [-0.05, 0) is 36.4 Å². The highest BCUT2D eigenvalue weighted by atomic mass is 35.5. The summed E-state index contributed by atoms with van der Waals surface area (Å²) in [5.74, 6) is -1.71. The Kier molecular flexibility index (Phi) is 6.87. The van der Waals surface area contributed by atoms with Crippen LogP contribution in [0.15, 0.2) is 54.7 Å². The smallest absolute Gasteiger partial charge is 0.417 e. The third-order valence-corrected chi connectivity index (χ3v) is 4.16. The highest BCUT2D eigenvalue weighted by Crippen LogP contribution is 2.38. The Bertz CT molecular complexity index is 1190. The number of hydrogen-bond donors (Lipinski definition) is 0. The van der Waals surface area contributed by atoms with Crippen LogP contribution in [0.1, 0.15) is 5.56 Å². The Morgan fingerprint density at radius 3 is 2.24 bits per heavy atom. The summed E-state index contributed by atoms with van der Waals surface area (Å²) in [4.78, 5) is 24.6. The van der Waals surface area contributed by atoms with Crippen LogP contribution in [-0.4, -0.2) is 22.5 Å². The zero-order valence-corrected chi connectivity index (χ0v) is 16.9. The number of carbonyl (C=O) groups is 1. The van der Waals surface area contributed by atoms with E-state index >= 15 is 0 Å². The number of nitro groups is 1. The molecule has 0 saturated heterocycles. The van der Waals surface area contributed by atoms with E-state index in [0.29, 0.717) is 12.3 Å². The second kappa shape index (κ2) is 9.61. The number of benzene rings is 2. The predicted octanol–water partition coefficient (Wildman–Crippen LogP) is 4.38. The second-order valence-electron chi connectivity index (χ2n) is 6.23. The molecule has 0 amide bonds. The van der Waals surface area contributed by atoms with Crippen LogP contribution in [0.3, 0.4) is 0 Å². The van der Waals surface area contributed by atoms with Gasteiger partial charge in [-0.15, -0.1) is 0 Å². The second-order valence-corrected chi connectivity index (χ2v) is 6.64. The number of carboxylic acid groups (broad SMARTS) is 1. The molecule has 0 aliphatic heterocycles. The Balaban J connectivity index is 1.83. The van der Waals surface area contributed by atoms with Gasteiger partial charge in [0.25, 0.3) is 0 Å². The first-order chi connectivity index (χ1) is 15.5. The molecule has 1 heterocycles. The monoisotopic (exact) mass is 483 g/mol. The molecule has 0 saturated carbocycles. The molecule has 0 atom stereocenters. The van der Waals surface area contributed by atoms with E-state index in [4.69, 9.17) is 25.8 Å². The van der Waals surface area contributed by atoms with Gasteiger partial charge in [-0.25, -0.2) is 4.98 Å². The first kappa shape index (κ1) is 23.6. The maximum absolute atomic E-state index is 12.8. The van der Waals surface area contributed by atoms with E-state index in [9.17, 15) is 33.2 Å². The highest BCUT2D eigenvalue weighted by molar-refractivity contribution is 6.31. The van der Waals surface area contributed by atoms with E-state index in [1.165, 1.54) is 30.3 Å². The van der Waals surface area contributed by atoms with Gasteiger partial charge in [-0.1, -0.05) is 11.6 Å². The molecule has 0 fully saturated rings. The lowest BCUT2D eigenvalue weighted by Gasteiger charge is -2.12.